The molecule has 1 aromatic carbocycles. The predicted octanol–water partition coefficient (Wildman–Crippen LogP) is 4.36. The lowest BCUT2D eigenvalue weighted by Gasteiger charge is -2.19. The van der Waals surface area contributed by atoms with E-state index in [9.17, 15) is 0 Å². The summed E-state index contributed by atoms with van der Waals surface area (Å²) < 4.78 is 5.70. The van der Waals surface area contributed by atoms with Crippen LogP contribution in [0.2, 0.25) is 0 Å². The second-order valence-corrected chi connectivity index (χ2v) is 6.25. The molecule has 0 saturated heterocycles. The van der Waals surface area contributed by atoms with Crippen molar-refractivity contribution < 1.29 is 4.52 Å². The van der Waals surface area contributed by atoms with Crippen molar-refractivity contribution in [2.24, 2.45) is 0 Å². The average molecular weight is 324 g/mol. The molecule has 2 heterocycles. The minimum absolute atomic E-state index is 0.665. The van der Waals surface area contributed by atoms with Gasteiger partial charge in [-0.1, -0.05) is 22.9 Å². The first-order valence-corrected chi connectivity index (χ1v) is 8.43. The van der Waals surface area contributed by atoms with Crippen LogP contribution in [-0.2, 0) is 0 Å². The molecule has 0 aliphatic rings. The van der Waals surface area contributed by atoms with Crippen molar-refractivity contribution in [2.75, 3.05) is 18.0 Å². The summed E-state index contributed by atoms with van der Waals surface area (Å²) >= 11 is 0. The van der Waals surface area contributed by atoms with Gasteiger partial charge in [0, 0.05) is 18.7 Å². The van der Waals surface area contributed by atoms with E-state index in [1.165, 1.54) is 16.7 Å². The highest BCUT2D eigenvalue weighted by Gasteiger charge is 2.22. The summed E-state index contributed by atoms with van der Waals surface area (Å²) in [6.07, 6.45) is 0. The summed E-state index contributed by atoms with van der Waals surface area (Å²) in [4.78, 5) is 11.4. The standard InChI is InChI=1S/C19H24N4O/c1-7-23(8-2)19-18-17(20-14(6)21-19)16(22-24-18)15-12(4)9-11(3)10-13(15)5/h9-10H,7-8H2,1-6H3. The second kappa shape index (κ2) is 6.23. The molecule has 0 saturated carbocycles. The lowest BCUT2D eigenvalue weighted by molar-refractivity contribution is 0.458. The molecule has 2 aromatic heterocycles. The van der Waals surface area contributed by atoms with Crippen molar-refractivity contribution in [3.05, 3.63) is 34.6 Å². The molecule has 0 fully saturated rings. The molecule has 126 valence electrons. The summed E-state index contributed by atoms with van der Waals surface area (Å²) in [7, 11) is 0. The third-order valence-corrected chi connectivity index (χ3v) is 4.39. The number of hydrogen-bond donors (Lipinski definition) is 0. The molecule has 3 rings (SSSR count). The normalized spacial score (nSPS) is 11.2. The van der Waals surface area contributed by atoms with Crippen LogP contribution in [0.25, 0.3) is 22.4 Å². The SMILES string of the molecule is CCN(CC)c1nc(C)nc2c(-c3c(C)cc(C)cc3C)noc12. The van der Waals surface area contributed by atoms with Gasteiger partial charge < -0.3 is 9.42 Å². The van der Waals surface area contributed by atoms with Crippen LogP contribution in [0, 0.1) is 27.7 Å². The summed E-state index contributed by atoms with van der Waals surface area (Å²) in [5.41, 5.74) is 6.97. The number of rotatable bonds is 4. The Morgan fingerprint density at radius 1 is 0.958 bits per heavy atom. The van der Waals surface area contributed by atoms with Crippen LogP contribution >= 0.6 is 0 Å². The molecule has 0 atom stereocenters. The largest absolute Gasteiger partial charge is 0.354 e. The predicted molar refractivity (Wildman–Crippen MR) is 97.5 cm³/mol. The van der Waals surface area contributed by atoms with Crippen LogP contribution in [0.3, 0.4) is 0 Å². The van der Waals surface area contributed by atoms with Gasteiger partial charge in [-0.25, -0.2) is 9.97 Å². The van der Waals surface area contributed by atoms with Crippen molar-refractivity contribution in [3.63, 3.8) is 0 Å². The maximum Gasteiger partial charge on any atom is 0.228 e. The number of aryl methyl sites for hydroxylation is 4. The Kier molecular flexibility index (Phi) is 4.26. The highest BCUT2D eigenvalue weighted by atomic mass is 16.5. The third-order valence-electron chi connectivity index (χ3n) is 4.39. The monoisotopic (exact) mass is 324 g/mol. The summed E-state index contributed by atoms with van der Waals surface area (Å²) in [5, 5.41) is 4.37. The Bertz CT molecular complexity index is 871. The Balaban J connectivity index is 2.29. The molecule has 0 radical (unpaired) electrons. The molecule has 0 aliphatic heterocycles. The summed E-state index contributed by atoms with van der Waals surface area (Å²) in [6.45, 7) is 14.2. The fourth-order valence-electron chi connectivity index (χ4n) is 3.38. The van der Waals surface area contributed by atoms with Gasteiger partial charge in [0.25, 0.3) is 0 Å². The van der Waals surface area contributed by atoms with Crippen LogP contribution in [0.5, 0.6) is 0 Å². The Labute approximate surface area is 142 Å². The van der Waals surface area contributed by atoms with Gasteiger partial charge in [-0.2, -0.15) is 0 Å². The molecule has 0 N–H and O–H groups in total. The highest BCUT2D eigenvalue weighted by Crippen LogP contribution is 2.35. The van der Waals surface area contributed by atoms with Gasteiger partial charge in [-0.15, -0.1) is 0 Å². The minimum atomic E-state index is 0.665. The third kappa shape index (κ3) is 2.64. The molecule has 24 heavy (non-hydrogen) atoms. The van der Waals surface area contributed by atoms with E-state index in [-0.39, 0.29) is 0 Å². The van der Waals surface area contributed by atoms with E-state index in [0.29, 0.717) is 5.58 Å². The van der Waals surface area contributed by atoms with Crippen LogP contribution < -0.4 is 4.90 Å². The molecular weight excluding hydrogens is 300 g/mol. The van der Waals surface area contributed by atoms with Crippen LogP contribution in [-0.4, -0.2) is 28.2 Å². The minimum Gasteiger partial charge on any atom is -0.354 e. The van der Waals surface area contributed by atoms with Crippen LogP contribution in [0.1, 0.15) is 36.4 Å². The Morgan fingerprint density at radius 2 is 1.58 bits per heavy atom. The Morgan fingerprint density at radius 3 is 2.17 bits per heavy atom. The molecule has 0 aliphatic carbocycles. The molecule has 0 amide bonds. The van der Waals surface area contributed by atoms with Crippen LogP contribution in [0.4, 0.5) is 5.82 Å². The number of nitrogens with zero attached hydrogens (tertiary/aromatic N) is 4. The van der Waals surface area contributed by atoms with Crippen molar-refractivity contribution >= 4 is 16.9 Å². The zero-order valence-corrected chi connectivity index (χ0v) is 15.3. The fraction of sp³-hybridized carbons (Fsp3) is 0.421. The van der Waals surface area contributed by atoms with Gasteiger partial charge in [0.1, 0.15) is 17.0 Å². The van der Waals surface area contributed by atoms with Crippen molar-refractivity contribution in [3.8, 4) is 11.3 Å². The van der Waals surface area contributed by atoms with E-state index in [0.717, 1.165) is 41.5 Å². The first-order chi connectivity index (χ1) is 11.5. The van der Waals surface area contributed by atoms with E-state index in [2.05, 4.69) is 66.8 Å². The maximum absolute atomic E-state index is 5.70. The Hall–Kier alpha value is -2.43. The molecule has 0 spiro atoms. The highest BCUT2D eigenvalue weighted by molar-refractivity contribution is 5.95. The van der Waals surface area contributed by atoms with E-state index in [1.54, 1.807) is 0 Å². The topological polar surface area (TPSA) is 55.1 Å². The zero-order chi connectivity index (χ0) is 17.4. The summed E-state index contributed by atoms with van der Waals surface area (Å²) in [6, 6.07) is 4.34. The van der Waals surface area contributed by atoms with Gasteiger partial charge in [0.15, 0.2) is 5.82 Å². The molecule has 0 bridgehead atoms. The van der Waals surface area contributed by atoms with Gasteiger partial charge in [-0.3, -0.25) is 0 Å². The number of aromatic nitrogens is 3. The lowest BCUT2D eigenvalue weighted by Crippen LogP contribution is -2.23. The molecule has 5 nitrogen and oxygen atoms in total. The molecular formula is C19H24N4O. The molecule has 5 heteroatoms. The van der Waals surface area contributed by atoms with Crippen molar-refractivity contribution in [1.29, 1.82) is 0 Å². The van der Waals surface area contributed by atoms with E-state index in [4.69, 9.17) is 4.52 Å². The van der Waals surface area contributed by atoms with E-state index in [1.807, 2.05) is 6.92 Å². The zero-order valence-electron chi connectivity index (χ0n) is 15.3. The second-order valence-electron chi connectivity index (χ2n) is 6.25. The van der Waals surface area contributed by atoms with Crippen LogP contribution in [0.15, 0.2) is 16.7 Å². The average Bonchev–Trinajstić information content (AvgIpc) is 2.91. The van der Waals surface area contributed by atoms with Gasteiger partial charge >= 0.3 is 0 Å². The molecule has 0 unspecified atom stereocenters. The van der Waals surface area contributed by atoms with E-state index < -0.39 is 0 Å². The maximum atomic E-state index is 5.70. The van der Waals surface area contributed by atoms with Gasteiger partial charge in [-0.05, 0) is 52.7 Å². The molecule has 3 aromatic rings. The summed E-state index contributed by atoms with van der Waals surface area (Å²) in [5.74, 6) is 1.56. The number of hydrogen-bond acceptors (Lipinski definition) is 5. The van der Waals surface area contributed by atoms with Gasteiger partial charge in [0.05, 0.1) is 0 Å². The van der Waals surface area contributed by atoms with Crippen molar-refractivity contribution in [2.45, 2.75) is 41.5 Å². The first kappa shape index (κ1) is 16.4. The lowest BCUT2D eigenvalue weighted by atomic mass is 9.97. The smallest absolute Gasteiger partial charge is 0.228 e. The number of benzene rings is 1. The van der Waals surface area contributed by atoms with Crippen molar-refractivity contribution in [1.82, 2.24) is 15.1 Å². The first-order valence-electron chi connectivity index (χ1n) is 8.43. The van der Waals surface area contributed by atoms with Gasteiger partial charge in [0.2, 0.25) is 5.58 Å². The number of fused-ring (bicyclic) bond motifs is 1. The van der Waals surface area contributed by atoms with E-state index >= 15 is 0 Å². The fourth-order valence-corrected chi connectivity index (χ4v) is 3.38. The quantitative estimate of drug-likeness (QED) is 0.713. The number of anilines is 1.